The fourth-order valence-electron chi connectivity index (χ4n) is 1.94. The molecule has 2 aromatic rings. The molecule has 2 N–H and O–H groups in total. The van der Waals surface area contributed by atoms with E-state index in [4.69, 9.17) is 19.6 Å². The molecule has 0 radical (unpaired) electrons. The Labute approximate surface area is 127 Å². The van der Waals surface area contributed by atoms with Crippen molar-refractivity contribution >= 4 is 15.9 Å². The van der Waals surface area contributed by atoms with E-state index < -0.39 is 0 Å². The number of benzene rings is 1. The number of hydrogen-bond donors (Lipinski definition) is 1. The molecular formula is C15H18BrNO3. The van der Waals surface area contributed by atoms with E-state index in [0.29, 0.717) is 24.7 Å². The monoisotopic (exact) mass is 339 g/mol. The second kappa shape index (κ2) is 6.81. The highest BCUT2D eigenvalue weighted by Gasteiger charge is 2.17. The lowest BCUT2D eigenvalue weighted by Crippen LogP contribution is -2.12. The van der Waals surface area contributed by atoms with Gasteiger partial charge in [0.15, 0.2) is 11.5 Å². The van der Waals surface area contributed by atoms with Gasteiger partial charge < -0.3 is 19.6 Å². The Morgan fingerprint density at radius 2 is 1.85 bits per heavy atom. The van der Waals surface area contributed by atoms with Crippen molar-refractivity contribution in [3.63, 3.8) is 0 Å². The van der Waals surface area contributed by atoms with E-state index in [-0.39, 0.29) is 6.04 Å². The standard InChI is InChI=1S/C15H18BrNO3/c1-3-18-12-6-5-10(9-13(12)19-4-2)14(17)15-11(16)7-8-20-15/h5-9,14H,3-4,17H2,1-2H3. The molecular weight excluding hydrogens is 322 g/mol. The minimum Gasteiger partial charge on any atom is -0.490 e. The van der Waals surface area contributed by atoms with Crippen LogP contribution < -0.4 is 15.2 Å². The van der Waals surface area contributed by atoms with Gasteiger partial charge in [-0.2, -0.15) is 0 Å². The van der Waals surface area contributed by atoms with E-state index in [0.717, 1.165) is 15.8 Å². The van der Waals surface area contributed by atoms with E-state index in [9.17, 15) is 0 Å². The molecule has 108 valence electrons. The van der Waals surface area contributed by atoms with Gasteiger partial charge in [-0.25, -0.2) is 0 Å². The number of furan rings is 1. The number of halogens is 1. The van der Waals surface area contributed by atoms with Crippen LogP contribution in [-0.4, -0.2) is 13.2 Å². The van der Waals surface area contributed by atoms with Crippen LogP contribution in [-0.2, 0) is 0 Å². The zero-order valence-electron chi connectivity index (χ0n) is 11.6. The number of hydrogen-bond acceptors (Lipinski definition) is 4. The molecule has 4 nitrogen and oxygen atoms in total. The minimum atomic E-state index is -0.353. The van der Waals surface area contributed by atoms with Crippen molar-refractivity contribution in [1.82, 2.24) is 0 Å². The maximum absolute atomic E-state index is 6.23. The second-order valence-electron chi connectivity index (χ2n) is 4.18. The Bertz CT molecular complexity index is 568. The molecule has 0 bridgehead atoms. The smallest absolute Gasteiger partial charge is 0.161 e. The normalized spacial score (nSPS) is 12.2. The summed E-state index contributed by atoms with van der Waals surface area (Å²) in [6.07, 6.45) is 1.61. The van der Waals surface area contributed by atoms with Crippen LogP contribution in [0.1, 0.15) is 31.2 Å². The van der Waals surface area contributed by atoms with Gasteiger partial charge >= 0.3 is 0 Å². The van der Waals surface area contributed by atoms with Crippen molar-refractivity contribution in [2.45, 2.75) is 19.9 Å². The predicted molar refractivity (Wildman–Crippen MR) is 81.2 cm³/mol. The summed E-state index contributed by atoms with van der Waals surface area (Å²) in [4.78, 5) is 0. The molecule has 20 heavy (non-hydrogen) atoms. The van der Waals surface area contributed by atoms with Gasteiger partial charge in [0.05, 0.1) is 30.0 Å². The summed E-state index contributed by atoms with van der Waals surface area (Å²) in [7, 11) is 0. The first-order valence-corrected chi connectivity index (χ1v) is 7.34. The average molecular weight is 340 g/mol. The highest BCUT2D eigenvalue weighted by molar-refractivity contribution is 9.10. The molecule has 0 amide bonds. The molecule has 1 atom stereocenters. The molecule has 0 aliphatic rings. The van der Waals surface area contributed by atoms with Gasteiger partial charge in [-0.05, 0) is 53.5 Å². The summed E-state index contributed by atoms with van der Waals surface area (Å²) in [6.45, 7) is 5.04. The Hall–Kier alpha value is -1.46. The zero-order valence-corrected chi connectivity index (χ0v) is 13.1. The first-order valence-electron chi connectivity index (χ1n) is 6.55. The van der Waals surface area contributed by atoms with Crippen molar-refractivity contribution in [1.29, 1.82) is 0 Å². The van der Waals surface area contributed by atoms with Gasteiger partial charge in [-0.1, -0.05) is 6.07 Å². The first kappa shape index (κ1) is 14.9. The Balaban J connectivity index is 2.32. The molecule has 1 aromatic carbocycles. The maximum Gasteiger partial charge on any atom is 0.161 e. The highest BCUT2D eigenvalue weighted by Crippen LogP contribution is 2.34. The van der Waals surface area contributed by atoms with Crippen LogP contribution in [0.2, 0.25) is 0 Å². The van der Waals surface area contributed by atoms with Crippen LogP contribution in [0.4, 0.5) is 0 Å². The van der Waals surface area contributed by atoms with E-state index in [1.54, 1.807) is 6.26 Å². The van der Waals surface area contributed by atoms with Gasteiger partial charge in [-0.15, -0.1) is 0 Å². The molecule has 2 rings (SSSR count). The van der Waals surface area contributed by atoms with Crippen LogP contribution in [0.25, 0.3) is 0 Å². The molecule has 0 spiro atoms. The Morgan fingerprint density at radius 1 is 1.15 bits per heavy atom. The summed E-state index contributed by atoms with van der Waals surface area (Å²) < 4.78 is 17.4. The third-order valence-corrected chi connectivity index (χ3v) is 3.51. The molecule has 0 fully saturated rings. The number of rotatable bonds is 6. The summed E-state index contributed by atoms with van der Waals surface area (Å²) in [6, 6.07) is 7.17. The van der Waals surface area contributed by atoms with Crippen molar-refractivity contribution < 1.29 is 13.9 Å². The maximum atomic E-state index is 6.23. The lowest BCUT2D eigenvalue weighted by Gasteiger charge is -2.15. The lowest BCUT2D eigenvalue weighted by atomic mass is 10.0. The molecule has 1 heterocycles. The van der Waals surface area contributed by atoms with Gasteiger partial charge in [0.25, 0.3) is 0 Å². The van der Waals surface area contributed by atoms with Crippen molar-refractivity contribution in [2.75, 3.05) is 13.2 Å². The van der Waals surface area contributed by atoms with E-state index in [2.05, 4.69) is 15.9 Å². The fraction of sp³-hybridized carbons (Fsp3) is 0.333. The quantitative estimate of drug-likeness (QED) is 0.867. The summed E-state index contributed by atoms with van der Waals surface area (Å²) in [5.41, 5.74) is 7.14. The molecule has 1 aromatic heterocycles. The van der Waals surface area contributed by atoms with Crippen molar-refractivity contribution in [2.24, 2.45) is 5.73 Å². The highest BCUT2D eigenvalue weighted by atomic mass is 79.9. The van der Waals surface area contributed by atoms with E-state index in [1.807, 2.05) is 38.1 Å². The number of ether oxygens (including phenoxy) is 2. The van der Waals surface area contributed by atoms with Crippen LogP contribution in [0, 0.1) is 0 Å². The molecule has 1 unspecified atom stereocenters. The summed E-state index contributed by atoms with van der Waals surface area (Å²) in [5, 5.41) is 0. The van der Waals surface area contributed by atoms with Crippen LogP contribution >= 0.6 is 15.9 Å². The first-order chi connectivity index (χ1) is 9.67. The average Bonchev–Trinajstić information content (AvgIpc) is 2.86. The van der Waals surface area contributed by atoms with Crippen LogP contribution in [0.15, 0.2) is 39.4 Å². The summed E-state index contributed by atoms with van der Waals surface area (Å²) in [5.74, 6) is 2.12. The van der Waals surface area contributed by atoms with Gasteiger partial charge in [-0.3, -0.25) is 0 Å². The van der Waals surface area contributed by atoms with Gasteiger partial charge in [0, 0.05) is 0 Å². The van der Waals surface area contributed by atoms with E-state index >= 15 is 0 Å². The molecule has 0 saturated carbocycles. The summed E-state index contributed by atoms with van der Waals surface area (Å²) >= 11 is 3.42. The largest absolute Gasteiger partial charge is 0.490 e. The third-order valence-electron chi connectivity index (χ3n) is 2.85. The molecule has 5 heteroatoms. The lowest BCUT2D eigenvalue weighted by molar-refractivity contribution is 0.287. The van der Waals surface area contributed by atoms with Crippen LogP contribution in [0.5, 0.6) is 11.5 Å². The number of nitrogens with two attached hydrogens (primary N) is 1. The van der Waals surface area contributed by atoms with E-state index in [1.165, 1.54) is 0 Å². The van der Waals surface area contributed by atoms with Crippen molar-refractivity contribution in [3.05, 3.63) is 46.3 Å². The fourth-order valence-corrected chi connectivity index (χ4v) is 2.39. The Morgan fingerprint density at radius 3 is 2.45 bits per heavy atom. The predicted octanol–water partition coefficient (Wildman–Crippen LogP) is 3.89. The molecule has 0 aliphatic heterocycles. The molecule has 0 aliphatic carbocycles. The topological polar surface area (TPSA) is 57.6 Å². The van der Waals surface area contributed by atoms with Gasteiger partial charge in [0.2, 0.25) is 0 Å². The Kier molecular flexibility index (Phi) is 5.09. The SMILES string of the molecule is CCOc1ccc(C(N)c2occc2Br)cc1OCC. The molecule has 0 saturated heterocycles. The van der Waals surface area contributed by atoms with Crippen LogP contribution in [0.3, 0.4) is 0 Å². The third kappa shape index (κ3) is 3.16. The zero-order chi connectivity index (χ0) is 14.5. The van der Waals surface area contributed by atoms with Gasteiger partial charge in [0.1, 0.15) is 5.76 Å². The second-order valence-corrected chi connectivity index (χ2v) is 5.04. The minimum absolute atomic E-state index is 0.353. The van der Waals surface area contributed by atoms with Crippen molar-refractivity contribution in [3.8, 4) is 11.5 Å².